The number of nitrogens with one attached hydrogen (secondary N) is 1. The zero-order valence-electron chi connectivity index (χ0n) is 17.1. The third-order valence-electron chi connectivity index (χ3n) is 4.66. The SMILES string of the molecule is COc1ccc(CSCC(=O)NC(C)(C)c2ccc3c(c2)OCCO3)cc1[N+](=O)[O-]. The van der Waals surface area contributed by atoms with Gasteiger partial charge in [0.1, 0.15) is 13.2 Å². The number of ether oxygens (including phenoxy) is 3. The fourth-order valence-corrected chi connectivity index (χ4v) is 3.89. The van der Waals surface area contributed by atoms with Gasteiger partial charge >= 0.3 is 5.69 Å². The molecule has 0 saturated carbocycles. The van der Waals surface area contributed by atoms with Gasteiger partial charge in [0.05, 0.1) is 23.3 Å². The van der Waals surface area contributed by atoms with Gasteiger partial charge in [-0.15, -0.1) is 11.8 Å². The normalized spacial score (nSPS) is 12.9. The Labute approximate surface area is 179 Å². The van der Waals surface area contributed by atoms with E-state index in [-0.39, 0.29) is 23.1 Å². The second-order valence-electron chi connectivity index (χ2n) is 7.29. The third-order valence-corrected chi connectivity index (χ3v) is 5.66. The molecule has 1 aliphatic rings. The van der Waals surface area contributed by atoms with Crippen LogP contribution in [0.2, 0.25) is 0 Å². The fourth-order valence-electron chi connectivity index (χ4n) is 3.12. The molecule has 1 aliphatic heterocycles. The molecule has 160 valence electrons. The Kier molecular flexibility index (Phi) is 6.71. The average Bonchev–Trinajstić information content (AvgIpc) is 2.72. The summed E-state index contributed by atoms with van der Waals surface area (Å²) in [4.78, 5) is 23.1. The number of hydrogen-bond acceptors (Lipinski definition) is 7. The number of fused-ring (bicyclic) bond motifs is 1. The molecule has 0 radical (unpaired) electrons. The van der Waals surface area contributed by atoms with Gasteiger partial charge < -0.3 is 19.5 Å². The van der Waals surface area contributed by atoms with Crippen LogP contribution in [0.5, 0.6) is 17.2 Å². The summed E-state index contributed by atoms with van der Waals surface area (Å²) in [6.45, 7) is 4.88. The van der Waals surface area contributed by atoms with Gasteiger partial charge in [-0.05, 0) is 43.2 Å². The summed E-state index contributed by atoms with van der Waals surface area (Å²) in [5.74, 6) is 2.18. The number of methoxy groups -OCH3 is 1. The minimum absolute atomic E-state index is 0.0835. The number of amides is 1. The molecule has 0 fully saturated rings. The van der Waals surface area contributed by atoms with Crippen LogP contribution in [-0.2, 0) is 16.1 Å². The lowest BCUT2D eigenvalue weighted by molar-refractivity contribution is -0.385. The number of thioether (sulfide) groups is 1. The first-order valence-corrected chi connectivity index (χ1v) is 10.6. The zero-order valence-corrected chi connectivity index (χ0v) is 17.9. The summed E-state index contributed by atoms with van der Waals surface area (Å²) >= 11 is 1.39. The number of carbonyl (C=O) groups is 1. The number of carbonyl (C=O) groups excluding carboxylic acids is 1. The number of nitro groups is 1. The van der Waals surface area contributed by atoms with Crippen molar-refractivity contribution in [3.63, 3.8) is 0 Å². The van der Waals surface area contributed by atoms with Gasteiger partial charge in [-0.1, -0.05) is 12.1 Å². The second kappa shape index (κ2) is 9.25. The highest BCUT2D eigenvalue weighted by molar-refractivity contribution is 7.99. The highest BCUT2D eigenvalue weighted by Gasteiger charge is 2.25. The summed E-state index contributed by atoms with van der Waals surface area (Å²) in [5.41, 5.74) is 0.994. The molecule has 0 atom stereocenters. The van der Waals surface area contributed by atoms with Crippen LogP contribution >= 0.6 is 11.8 Å². The van der Waals surface area contributed by atoms with Crippen LogP contribution in [0.25, 0.3) is 0 Å². The Hall–Kier alpha value is -2.94. The molecule has 3 rings (SSSR count). The maximum absolute atomic E-state index is 12.5. The van der Waals surface area contributed by atoms with Gasteiger partial charge in [-0.2, -0.15) is 0 Å². The van der Waals surface area contributed by atoms with E-state index in [1.807, 2.05) is 32.0 Å². The van der Waals surface area contributed by atoms with Crippen LogP contribution in [0.3, 0.4) is 0 Å². The molecule has 1 N–H and O–H groups in total. The predicted molar refractivity (Wildman–Crippen MR) is 114 cm³/mol. The molecule has 2 aromatic carbocycles. The lowest BCUT2D eigenvalue weighted by Gasteiger charge is -2.28. The van der Waals surface area contributed by atoms with Gasteiger partial charge in [0, 0.05) is 11.8 Å². The smallest absolute Gasteiger partial charge is 0.311 e. The molecule has 0 saturated heterocycles. The Morgan fingerprint density at radius 1 is 1.20 bits per heavy atom. The molecule has 0 aromatic heterocycles. The van der Waals surface area contributed by atoms with E-state index in [4.69, 9.17) is 14.2 Å². The number of hydrogen-bond donors (Lipinski definition) is 1. The van der Waals surface area contributed by atoms with Gasteiger partial charge in [-0.3, -0.25) is 14.9 Å². The van der Waals surface area contributed by atoms with E-state index in [2.05, 4.69) is 5.32 Å². The maximum Gasteiger partial charge on any atom is 0.311 e. The first-order chi connectivity index (χ1) is 14.3. The summed E-state index contributed by atoms with van der Waals surface area (Å²) in [7, 11) is 1.39. The van der Waals surface area contributed by atoms with Crippen LogP contribution in [-0.4, -0.2) is 36.9 Å². The van der Waals surface area contributed by atoms with Gasteiger partial charge in [-0.25, -0.2) is 0 Å². The van der Waals surface area contributed by atoms with E-state index in [9.17, 15) is 14.9 Å². The van der Waals surface area contributed by atoms with E-state index in [0.29, 0.717) is 30.5 Å². The van der Waals surface area contributed by atoms with Crippen molar-refractivity contribution in [2.45, 2.75) is 25.1 Å². The van der Waals surface area contributed by atoms with Crippen LogP contribution in [0, 0.1) is 10.1 Å². The molecule has 0 aliphatic carbocycles. The van der Waals surface area contributed by atoms with Crippen LogP contribution < -0.4 is 19.5 Å². The van der Waals surface area contributed by atoms with Gasteiger partial charge in [0.25, 0.3) is 0 Å². The highest BCUT2D eigenvalue weighted by atomic mass is 32.2. The fraction of sp³-hybridized carbons (Fsp3) is 0.381. The maximum atomic E-state index is 12.5. The zero-order chi connectivity index (χ0) is 21.7. The molecule has 8 nitrogen and oxygen atoms in total. The van der Waals surface area contributed by atoms with Crippen LogP contribution in [0.4, 0.5) is 5.69 Å². The van der Waals surface area contributed by atoms with Crippen molar-refractivity contribution in [2.75, 3.05) is 26.1 Å². The Balaban J connectivity index is 1.56. The van der Waals surface area contributed by atoms with Crippen molar-refractivity contribution in [1.82, 2.24) is 5.32 Å². The van der Waals surface area contributed by atoms with E-state index in [0.717, 1.165) is 11.1 Å². The summed E-state index contributed by atoms with van der Waals surface area (Å²) < 4.78 is 16.2. The molecule has 1 heterocycles. The topological polar surface area (TPSA) is 99.9 Å². The number of nitrogens with zero attached hydrogens (tertiary/aromatic N) is 1. The summed E-state index contributed by atoms with van der Waals surface area (Å²) in [6, 6.07) is 10.5. The molecule has 9 heteroatoms. The Morgan fingerprint density at radius 2 is 1.93 bits per heavy atom. The van der Waals surface area contributed by atoms with Crippen molar-refractivity contribution in [2.24, 2.45) is 0 Å². The van der Waals surface area contributed by atoms with Crippen molar-refractivity contribution < 1.29 is 23.9 Å². The number of nitro benzene ring substituents is 1. The van der Waals surface area contributed by atoms with E-state index >= 15 is 0 Å². The molecule has 30 heavy (non-hydrogen) atoms. The molecular weight excluding hydrogens is 408 g/mol. The minimum Gasteiger partial charge on any atom is -0.490 e. The van der Waals surface area contributed by atoms with E-state index < -0.39 is 10.5 Å². The largest absolute Gasteiger partial charge is 0.490 e. The van der Waals surface area contributed by atoms with Crippen molar-refractivity contribution in [3.8, 4) is 17.2 Å². The van der Waals surface area contributed by atoms with Crippen LogP contribution in [0.1, 0.15) is 25.0 Å². The van der Waals surface area contributed by atoms with E-state index in [1.165, 1.54) is 24.9 Å². The lowest BCUT2D eigenvalue weighted by atomic mass is 9.93. The first kappa shape index (κ1) is 21.8. The van der Waals surface area contributed by atoms with Crippen molar-refractivity contribution in [3.05, 3.63) is 57.6 Å². The van der Waals surface area contributed by atoms with Gasteiger partial charge in [0.2, 0.25) is 5.91 Å². The first-order valence-electron chi connectivity index (χ1n) is 9.40. The average molecular weight is 432 g/mol. The minimum atomic E-state index is -0.591. The Bertz CT molecular complexity index is 947. The Morgan fingerprint density at radius 3 is 2.63 bits per heavy atom. The molecule has 0 bridgehead atoms. The second-order valence-corrected chi connectivity index (χ2v) is 8.27. The van der Waals surface area contributed by atoms with Crippen LogP contribution in [0.15, 0.2) is 36.4 Å². The van der Waals surface area contributed by atoms with Gasteiger partial charge in [0.15, 0.2) is 17.2 Å². The standard InChI is InChI=1S/C21H24N2O6S/c1-21(2,15-5-7-18-19(11-15)29-9-8-28-18)22-20(24)13-30-12-14-4-6-17(27-3)16(10-14)23(25)26/h4-7,10-11H,8-9,12-13H2,1-3H3,(H,22,24). The summed E-state index contributed by atoms with van der Waals surface area (Å²) in [5, 5.41) is 14.2. The van der Waals surface area contributed by atoms with Crippen molar-refractivity contribution in [1.29, 1.82) is 0 Å². The predicted octanol–water partition coefficient (Wildman–Crippen LogP) is 3.66. The van der Waals surface area contributed by atoms with E-state index in [1.54, 1.807) is 12.1 Å². The molecule has 0 unspecified atom stereocenters. The molecular formula is C21H24N2O6S. The molecule has 2 aromatic rings. The number of benzene rings is 2. The monoisotopic (exact) mass is 432 g/mol. The lowest BCUT2D eigenvalue weighted by Crippen LogP contribution is -2.42. The third kappa shape index (κ3) is 5.15. The summed E-state index contributed by atoms with van der Waals surface area (Å²) in [6.07, 6.45) is 0. The number of rotatable bonds is 8. The quantitative estimate of drug-likeness (QED) is 0.502. The molecule has 1 amide bonds. The highest BCUT2D eigenvalue weighted by Crippen LogP contribution is 2.34. The van der Waals surface area contributed by atoms with Crippen molar-refractivity contribution >= 4 is 23.4 Å². The molecule has 0 spiro atoms.